The van der Waals surface area contributed by atoms with Crippen LogP contribution >= 0.6 is 0 Å². The van der Waals surface area contributed by atoms with Crippen molar-refractivity contribution in [3.63, 3.8) is 0 Å². The van der Waals surface area contributed by atoms with Crippen LogP contribution in [0.1, 0.15) is 35.7 Å². The number of benzene rings is 1. The average molecular weight is 350 g/mol. The number of pyridine rings is 1. The van der Waals surface area contributed by atoms with E-state index in [2.05, 4.69) is 15.4 Å². The lowest BCUT2D eigenvalue weighted by Gasteiger charge is -2.24. The second kappa shape index (κ2) is 7.07. The molecule has 3 aromatic rings. The highest BCUT2D eigenvalue weighted by molar-refractivity contribution is 5.79. The first-order valence-electron chi connectivity index (χ1n) is 8.73. The highest BCUT2D eigenvalue weighted by atomic mass is 19.1. The topological polar surface area (TPSA) is 59.8 Å². The molecule has 5 nitrogen and oxygen atoms in total. The van der Waals surface area contributed by atoms with Gasteiger partial charge in [-0.1, -0.05) is 18.2 Å². The minimum absolute atomic E-state index is 0.0517. The molecular formula is C20H19FN4O. The molecule has 0 saturated carbocycles. The summed E-state index contributed by atoms with van der Waals surface area (Å²) in [7, 11) is 0. The van der Waals surface area contributed by atoms with Gasteiger partial charge in [0, 0.05) is 11.8 Å². The molecule has 0 radical (unpaired) electrons. The van der Waals surface area contributed by atoms with Crippen LogP contribution in [-0.4, -0.2) is 20.7 Å². The molecule has 1 aliphatic rings. The molecule has 0 spiro atoms. The fraction of sp³-hybridized carbons (Fsp3) is 0.250. The van der Waals surface area contributed by atoms with Crippen molar-refractivity contribution >= 4 is 5.91 Å². The van der Waals surface area contributed by atoms with Gasteiger partial charge in [0.05, 0.1) is 24.4 Å². The summed E-state index contributed by atoms with van der Waals surface area (Å²) in [6, 6.07) is 11.7. The van der Waals surface area contributed by atoms with Crippen LogP contribution in [0.3, 0.4) is 0 Å². The zero-order chi connectivity index (χ0) is 17.9. The quantitative estimate of drug-likeness (QED) is 0.786. The summed E-state index contributed by atoms with van der Waals surface area (Å²) in [6.45, 7) is 0. The van der Waals surface area contributed by atoms with Crippen molar-refractivity contribution in [1.82, 2.24) is 20.1 Å². The fourth-order valence-corrected chi connectivity index (χ4v) is 3.42. The largest absolute Gasteiger partial charge is 0.349 e. The number of hydrogen-bond acceptors (Lipinski definition) is 3. The van der Waals surface area contributed by atoms with Gasteiger partial charge in [-0.3, -0.25) is 4.79 Å². The van der Waals surface area contributed by atoms with E-state index < -0.39 is 0 Å². The van der Waals surface area contributed by atoms with E-state index in [0.29, 0.717) is 0 Å². The van der Waals surface area contributed by atoms with E-state index in [1.807, 2.05) is 29.1 Å². The van der Waals surface area contributed by atoms with Crippen molar-refractivity contribution in [2.75, 3.05) is 0 Å². The van der Waals surface area contributed by atoms with Crippen molar-refractivity contribution in [1.29, 1.82) is 0 Å². The van der Waals surface area contributed by atoms with Gasteiger partial charge in [-0.25, -0.2) is 14.1 Å². The molecule has 2 aromatic heterocycles. The van der Waals surface area contributed by atoms with Crippen molar-refractivity contribution in [2.45, 2.75) is 31.7 Å². The number of aromatic nitrogens is 3. The molecule has 1 aliphatic carbocycles. The van der Waals surface area contributed by atoms with Crippen LogP contribution in [0, 0.1) is 5.82 Å². The average Bonchev–Trinajstić information content (AvgIpc) is 3.09. The third-order valence-electron chi connectivity index (χ3n) is 4.66. The van der Waals surface area contributed by atoms with E-state index in [1.54, 1.807) is 18.3 Å². The molecule has 132 valence electrons. The smallest absolute Gasteiger partial charge is 0.224 e. The zero-order valence-electron chi connectivity index (χ0n) is 14.2. The number of hydrogen-bond donors (Lipinski definition) is 1. The lowest BCUT2D eigenvalue weighted by molar-refractivity contribution is -0.121. The second-order valence-electron chi connectivity index (χ2n) is 6.46. The molecule has 26 heavy (non-hydrogen) atoms. The number of carbonyl (C=O) groups is 1. The molecular weight excluding hydrogens is 331 g/mol. The monoisotopic (exact) mass is 350 g/mol. The van der Waals surface area contributed by atoms with Crippen LogP contribution in [0.25, 0.3) is 5.82 Å². The minimum Gasteiger partial charge on any atom is -0.349 e. The van der Waals surface area contributed by atoms with Gasteiger partial charge in [0.25, 0.3) is 0 Å². The molecule has 1 amide bonds. The van der Waals surface area contributed by atoms with Gasteiger partial charge in [-0.05, 0) is 49.1 Å². The van der Waals surface area contributed by atoms with E-state index in [4.69, 9.17) is 0 Å². The summed E-state index contributed by atoms with van der Waals surface area (Å²) < 4.78 is 14.8. The van der Waals surface area contributed by atoms with Crippen molar-refractivity contribution in [3.05, 3.63) is 77.5 Å². The Labute approximate surface area is 150 Å². The Kier molecular flexibility index (Phi) is 4.48. The molecule has 0 bridgehead atoms. The number of rotatable bonds is 4. The van der Waals surface area contributed by atoms with Crippen LogP contribution in [0.4, 0.5) is 4.39 Å². The number of amides is 1. The maximum atomic E-state index is 13.0. The van der Waals surface area contributed by atoms with Gasteiger partial charge in [-0.15, -0.1) is 0 Å². The van der Waals surface area contributed by atoms with E-state index in [9.17, 15) is 9.18 Å². The molecule has 1 atom stereocenters. The van der Waals surface area contributed by atoms with Crippen molar-refractivity contribution < 1.29 is 9.18 Å². The summed E-state index contributed by atoms with van der Waals surface area (Å²) in [5.41, 5.74) is 2.94. The van der Waals surface area contributed by atoms with E-state index >= 15 is 0 Å². The summed E-state index contributed by atoms with van der Waals surface area (Å²) in [6.07, 6.45) is 6.58. The Hall–Kier alpha value is -3.02. The van der Waals surface area contributed by atoms with Gasteiger partial charge in [-0.2, -0.15) is 5.10 Å². The van der Waals surface area contributed by atoms with Crippen LogP contribution in [0.15, 0.2) is 54.9 Å². The van der Waals surface area contributed by atoms with Crippen LogP contribution in [-0.2, 0) is 17.6 Å². The van der Waals surface area contributed by atoms with Gasteiger partial charge in [0.2, 0.25) is 5.91 Å². The first kappa shape index (κ1) is 16.4. The highest BCUT2D eigenvalue weighted by Gasteiger charge is 2.26. The Balaban J connectivity index is 1.50. The summed E-state index contributed by atoms with van der Waals surface area (Å²) in [5, 5.41) is 7.58. The summed E-state index contributed by atoms with van der Waals surface area (Å²) in [4.78, 5) is 16.8. The number of fused-ring (bicyclic) bond motifs is 1. The Bertz CT molecular complexity index is 905. The maximum Gasteiger partial charge on any atom is 0.224 e. The van der Waals surface area contributed by atoms with Crippen molar-refractivity contribution in [3.8, 4) is 5.82 Å². The number of nitrogens with zero attached hydrogens (tertiary/aromatic N) is 3. The number of nitrogens with one attached hydrogen (secondary N) is 1. The van der Waals surface area contributed by atoms with E-state index in [0.717, 1.165) is 41.9 Å². The molecule has 6 heteroatoms. The fourth-order valence-electron chi connectivity index (χ4n) is 3.42. The lowest BCUT2D eigenvalue weighted by atomic mass is 9.92. The van der Waals surface area contributed by atoms with Crippen LogP contribution < -0.4 is 5.32 Å². The lowest BCUT2D eigenvalue weighted by Crippen LogP contribution is -2.32. The van der Waals surface area contributed by atoms with Gasteiger partial charge < -0.3 is 5.32 Å². The standard InChI is InChI=1S/C20H19FN4O/c21-15-9-7-14(8-10-15)12-20(26)24-17-4-3-5-18-16(17)13-23-25(18)19-6-1-2-11-22-19/h1-2,6-11,13,17H,3-5,12H2,(H,24,26)/t17-/m0/s1. The van der Waals surface area contributed by atoms with Gasteiger partial charge in [0.1, 0.15) is 5.82 Å². The van der Waals surface area contributed by atoms with E-state index in [-0.39, 0.29) is 24.2 Å². The highest BCUT2D eigenvalue weighted by Crippen LogP contribution is 2.30. The summed E-state index contributed by atoms with van der Waals surface area (Å²) in [5.74, 6) is 0.417. The normalized spacial score (nSPS) is 16.1. The van der Waals surface area contributed by atoms with Gasteiger partial charge in [0.15, 0.2) is 5.82 Å². The van der Waals surface area contributed by atoms with Crippen molar-refractivity contribution in [2.24, 2.45) is 0 Å². The Morgan fingerprint density at radius 2 is 2.08 bits per heavy atom. The molecule has 1 aromatic carbocycles. The SMILES string of the molecule is O=C(Cc1ccc(F)cc1)N[C@H]1CCCc2c1cnn2-c1ccccn1. The first-order valence-corrected chi connectivity index (χ1v) is 8.73. The number of carbonyl (C=O) groups excluding carboxylic acids is 1. The molecule has 0 saturated heterocycles. The molecule has 2 heterocycles. The molecule has 1 N–H and O–H groups in total. The second-order valence-corrected chi connectivity index (χ2v) is 6.46. The third-order valence-corrected chi connectivity index (χ3v) is 4.66. The van der Waals surface area contributed by atoms with Crippen LogP contribution in [0.5, 0.6) is 0 Å². The van der Waals surface area contributed by atoms with E-state index in [1.165, 1.54) is 12.1 Å². The molecule has 0 fully saturated rings. The minimum atomic E-state index is -0.298. The van der Waals surface area contributed by atoms with Crippen LogP contribution in [0.2, 0.25) is 0 Å². The Morgan fingerprint density at radius 1 is 1.23 bits per heavy atom. The maximum absolute atomic E-state index is 13.0. The Morgan fingerprint density at radius 3 is 2.85 bits per heavy atom. The third kappa shape index (κ3) is 3.35. The zero-order valence-corrected chi connectivity index (χ0v) is 14.2. The number of halogens is 1. The molecule has 4 rings (SSSR count). The molecule has 0 unspecified atom stereocenters. The summed E-state index contributed by atoms with van der Waals surface area (Å²) >= 11 is 0. The predicted molar refractivity (Wildman–Crippen MR) is 95.3 cm³/mol. The molecule has 0 aliphatic heterocycles. The van der Waals surface area contributed by atoms with Gasteiger partial charge >= 0.3 is 0 Å². The first-order chi connectivity index (χ1) is 12.7. The predicted octanol–water partition coefficient (Wildman–Crippen LogP) is 3.14.